The Morgan fingerprint density at radius 2 is 1.92 bits per heavy atom. The van der Waals surface area contributed by atoms with E-state index in [1.54, 1.807) is 0 Å². The highest BCUT2D eigenvalue weighted by Crippen LogP contribution is 2.33. The predicted octanol–water partition coefficient (Wildman–Crippen LogP) is 1.71. The van der Waals surface area contributed by atoms with Crippen LogP contribution in [-0.4, -0.2) is 37.6 Å². The largest absolute Gasteiger partial charge is 0.313 e. The number of hydrogen-bond donors (Lipinski definition) is 1. The summed E-state index contributed by atoms with van der Waals surface area (Å²) in [6.07, 6.45) is 4.31. The molecule has 0 bridgehead atoms. The summed E-state index contributed by atoms with van der Waals surface area (Å²) in [4.78, 5) is 2.26. The highest BCUT2D eigenvalue weighted by atomic mass is 15.1. The van der Waals surface area contributed by atoms with Crippen LogP contribution >= 0.6 is 0 Å². The van der Waals surface area contributed by atoms with E-state index in [-0.39, 0.29) is 0 Å². The van der Waals surface area contributed by atoms with Gasteiger partial charge in [0.05, 0.1) is 0 Å². The van der Waals surface area contributed by atoms with Gasteiger partial charge in [0.15, 0.2) is 0 Å². The van der Waals surface area contributed by atoms with E-state index in [9.17, 15) is 0 Å². The molecule has 13 heavy (non-hydrogen) atoms. The fourth-order valence-corrected chi connectivity index (χ4v) is 1.49. The van der Waals surface area contributed by atoms with Gasteiger partial charge in [-0.15, -0.1) is 0 Å². The van der Waals surface area contributed by atoms with Gasteiger partial charge in [0.1, 0.15) is 0 Å². The zero-order valence-corrected chi connectivity index (χ0v) is 9.51. The topological polar surface area (TPSA) is 15.3 Å². The minimum Gasteiger partial charge on any atom is -0.313 e. The molecule has 0 aromatic rings. The summed E-state index contributed by atoms with van der Waals surface area (Å²) in [7, 11) is 4.27. The van der Waals surface area contributed by atoms with Crippen LogP contribution in [0.3, 0.4) is 0 Å². The number of likely N-dealkylation sites (N-methyl/N-ethyl adjacent to an activating group) is 1. The first-order valence-corrected chi connectivity index (χ1v) is 5.49. The van der Waals surface area contributed by atoms with E-state index in [0.29, 0.717) is 12.1 Å². The maximum Gasteiger partial charge on any atom is 0.0186 e. The van der Waals surface area contributed by atoms with Gasteiger partial charge in [0, 0.05) is 18.6 Å². The lowest BCUT2D eigenvalue weighted by atomic mass is 10.1. The van der Waals surface area contributed by atoms with Gasteiger partial charge in [-0.05, 0) is 40.3 Å². The van der Waals surface area contributed by atoms with Gasteiger partial charge in [-0.25, -0.2) is 0 Å². The summed E-state index contributed by atoms with van der Waals surface area (Å²) in [5.74, 6) is 1.04. The van der Waals surface area contributed by atoms with Crippen LogP contribution in [0.5, 0.6) is 0 Å². The molecule has 1 rings (SSSR count). The second-order valence-corrected chi connectivity index (χ2v) is 4.80. The molecule has 2 heteroatoms. The van der Waals surface area contributed by atoms with E-state index < -0.39 is 0 Å². The molecule has 78 valence electrons. The molecule has 1 saturated carbocycles. The third kappa shape index (κ3) is 4.63. The molecule has 0 saturated heterocycles. The Balaban J connectivity index is 2.02. The molecule has 1 fully saturated rings. The first kappa shape index (κ1) is 11.0. The summed E-state index contributed by atoms with van der Waals surface area (Å²) < 4.78 is 0. The van der Waals surface area contributed by atoms with Gasteiger partial charge < -0.3 is 10.2 Å². The first-order valence-electron chi connectivity index (χ1n) is 5.49. The van der Waals surface area contributed by atoms with Crippen molar-refractivity contribution in [2.45, 2.75) is 45.2 Å². The summed E-state index contributed by atoms with van der Waals surface area (Å²) in [6, 6.07) is 1.34. The van der Waals surface area contributed by atoms with E-state index in [1.165, 1.54) is 19.3 Å². The minimum absolute atomic E-state index is 0.640. The van der Waals surface area contributed by atoms with Crippen LogP contribution in [0.4, 0.5) is 0 Å². The molecule has 0 radical (unpaired) electrons. The molecule has 2 unspecified atom stereocenters. The Morgan fingerprint density at radius 3 is 2.38 bits per heavy atom. The van der Waals surface area contributed by atoms with Crippen molar-refractivity contribution in [3.8, 4) is 0 Å². The maximum atomic E-state index is 3.59. The molecule has 0 aliphatic heterocycles. The Kier molecular flexibility index (Phi) is 4.20. The van der Waals surface area contributed by atoms with E-state index in [4.69, 9.17) is 0 Å². The Morgan fingerprint density at radius 1 is 1.31 bits per heavy atom. The van der Waals surface area contributed by atoms with Gasteiger partial charge in [0.2, 0.25) is 0 Å². The van der Waals surface area contributed by atoms with Crippen molar-refractivity contribution >= 4 is 0 Å². The van der Waals surface area contributed by atoms with Crippen LogP contribution < -0.4 is 5.32 Å². The van der Waals surface area contributed by atoms with E-state index in [0.717, 1.165) is 12.5 Å². The van der Waals surface area contributed by atoms with Crippen LogP contribution in [-0.2, 0) is 0 Å². The van der Waals surface area contributed by atoms with Gasteiger partial charge in [-0.1, -0.05) is 12.8 Å². The number of nitrogens with one attached hydrogen (secondary N) is 1. The van der Waals surface area contributed by atoms with Crippen molar-refractivity contribution in [3.05, 3.63) is 0 Å². The van der Waals surface area contributed by atoms with Crippen LogP contribution in [0, 0.1) is 5.92 Å². The highest BCUT2D eigenvalue weighted by molar-refractivity contribution is 4.78. The van der Waals surface area contributed by atoms with Crippen LogP contribution in [0.25, 0.3) is 0 Å². The van der Waals surface area contributed by atoms with Gasteiger partial charge in [-0.2, -0.15) is 0 Å². The van der Waals surface area contributed by atoms with Crippen LogP contribution in [0.1, 0.15) is 33.1 Å². The zero-order chi connectivity index (χ0) is 9.84. The summed E-state index contributed by atoms with van der Waals surface area (Å²) in [5.41, 5.74) is 0. The second-order valence-electron chi connectivity index (χ2n) is 4.80. The zero-order valence-electron chi connectivity index (χ0n) is 9.51. The standard InChI is InChI=1S/C11H24N2/c1-9(7-11-5-6-11)12-8-10(2)13(3)4/h9-12H,5-8H2,1-4H3. The molecule has 0 spiro atoms. The summed E-state index contributed by atoms with van der Waals surface area (Å²) in [5, 5.41) is 3.59. The number of hydrogen-bond acceptors (Lipinski definition) is 2. The average Bonchev–Trinajstić information content (AvgIpc) is 2.83. The molecule has 1 aliphatic carbocycles. The lowest BCUT2D eigenvalue weighted by Gasteiger charge is -2.22. The monoisotopic (exact) mass is 184 g/mol. The molecule has 1 aliphatic rings. The lowest BCUT2D eigenvalue weighted by molar-refractivity contribution is 0.291. The average molecular weight is 184 g/mol. The van der Waals surface area contributed by atoms with Gasteiger partial charge >= 0.3 is 0 Å². The normalized spacial score (nSPS) is 21.9. The third-order valence-electron chi connectivity index (χ3n) is 3.03. The first-order chi connectivity index (χ1) is 6.09. The molecule has 0 aromatic carbocycles. The Hall–Kier alpha value is -0.0800. The summed E-state index contributed by atoms with van der Waals surface area (Å²) >= 11 is 0. The Bertz CT molecular complexity index is 141. The SMILES string of the molecule is CC(CC1CC1)NCC(C)N(C)C. The minimum atomic E-state index is 0.640. The van der Waals surface area contributed by atoms with E-state index >= 15 is 0 Å². The quantitative estimate of drug-likeness (QED) is 0.676. The van der Waals surface area contributed by atoms with Crippen molar-refractivity contribution in [2.75, 3.05) is 20.6 Å². The fraction of sp³-hybridized carbons (Fsp3) is 1.00. The van der Waals surface area contributed by atoms with Gasteiger partial charge in [-0.3, -0.25) is 0 Å². The molecule has 0 heterocycles. The molecule has 0 amide bonds. The molecular weight excluding hydrogens is 160 g/mol. The Labute approximate surface area is 82.7 Å². The molecular formula is C11H24N2. The second kappa shape index (κ2) is 4.97. The van der Waals surface area contributed by atoms with Crippen LogP contribution in [0.15, 0.2) is 0 Å². The van der Waals surface area contributed by atoms with Crippen molar-refractivity contribution in [1.82, 2.24) is 10.2 Å². The van der Waals surface area contributed by atoms with Crippen molar-refractivity contribution in [2.24, 2.45) is 5.92 Å². The number of nitrogens with zero attached hydrogens (tertiary/aromatic N) is 1. The van der Waals surface area contributed by atoms with Crippen molar-refractivity contribution in [3.63, 3.8) is 0 Å². The van der Waals surface area contributed by atoms with Crippen LogP contribution in [0.2, 0.25) is 0 Å². The third-order valence-corrected chi connectivity index (χ3v) is 3.03. The predicted molar refractivity (Wildman–Crippen MR) is 58.0 cm³/mol. The smallest absolute Gasteiger partial charge is 0.0186 e. The lowest BCUT2D eigenvalue weighted by Crippen LogP contribution is -2.39. The fourth-order valence-electron chi connectivity index (χ4n) is 1.49. The molecule has 2 nitrogen and oxygen atoms in total. The molecule has 1 N–H and O–H groups in total. The van der Waals surface area contributed by atoms with Crippen molar-refractivity contribution in [1.29, 1.82) is 0 Å². The summed E-state index contributed by atoms with van der Waals surface area (Å²) in [6.45, 7) is 5.68. The van der Waals surface area contributed by atoms with Crippen molar-refractivity contribution < 1.29 is 0 Å². The number of rotatable bonds is 6. The van der Waals surface area contributed by atoms with Gasteiger partial charge in [0.25, 0.3) is 0 Å². The van der Waals surface area contributed by atoms with E-state index in [1.807, 2.05) is 0 Å². The molecule has 2 atom stereocenters. The maximum absolute atomic E-state index is 3.59. The molecule has 0 aromatic heterocycles. The highest BCUT2D eigenvalue weighted by Gasteiger charge is 2.23. The van der Waals surface area contributed by atoms with E-state index in [2.05, 4.69) is 38.2 Å².